The largest absolute Gasteiger partial charge is 0.506 e. The Bertz CT molecular complexity index is 729. The highest BCUT2D eigenvalue weighted by Gasteiger charge is 2.15. The summed E-state index contributed by atoms with van der Waals surface area (Å²) in [6.45, 7) is 2.23. The third kappa shape index (κ3) is 6.91. The number of nitrogens with zero attached hydrogens (tertiary/aromatic N) is 1. The van der Waals surface area contributed by atoms with Gasteiger partial charge in [-0.25, -0.2) is 0 Å². The molecule has 0 bridgehead atoms. The number of rotatable bonds is 11. The van der Waals surface area contributed by atoms with Gasteiger partial charge in [0.25, 0.3) is 0 Å². The fourth-order valence-corrected chi connectivity index (χ4v) is 3.52. The molecule has 0 saturated heterocycles. The predicted octanol–water partition coefficient (Wildman–Crippen LogP) is 6.76. The Balaban J connectivity index is 2.01. The molecule has 27 heavy (non-hydrogen) atoms. The molecule has 3 nitrogen and oxygen atoms in total. The highest BCUT2D eigenvalue weighted by atomic mass is 35.5. The highest BCUT2D eigenvalue weighted by Crippen LogP contribution is 2.31. The molecule has 4 heteroatoms. The van der Waals surface area contributed by atoms with Crippen molar-refractivity contribution in [2.45, 2.75) is 64.7 Å². The number of aromatic hydroxyl groups is 1. The van der Waals surface area contributed by atoms with Crippen LogP contribution in [0, 0.1) is 0 Å². The summed E-state index contributed by atoms with van der Waals surface area (Å²) in [5, 5.41) is 23.6. The van der Waals surface area contributed by atoms with Crippen LogP contribution in [0.25, 0.3) is 0 Å². The fraction of sp³-hybridized carbons (Fsp3) is 0.435. The van der Waals surface area contributed by atoms with Gasteiger partial charge in [-0.1, -0.05) is 92.5 Å². The van der Waals surface area contributed by atoms with E-state index in [1.165, 1.54) is 38.5 Å². The smallest absolute Gasteiger partial charge is 0.143 e. The lowest BCUT2D eigenvalue weighted by atomic mass is 9.97. The molecule has 0 amide bonds. The van der Waals surface area contributed by atoms with Crippen molar-refractivity contribution in [2.24, 2.45) is 5.16 Å². The molecule has 0 atom stereocenters. The monoisotopic (exact) mass is 387 g/mol. The van der Waals surface area contributed by atoms with Gasteiger partial charge >= 0.3 is 0 Å². The van der Waals surface area contributed by atoms with E-state index in [0.29, 0.717) is 22.7 Å². The minimum absolute atomic E-state index is 0.0243. The van der Waals surface area contributed by atoms with Crippen molar-refractivity contribution in [2.75, 3.05) is 0 Å². The zero-order valence-electron chi connectivity index (χ0n) is 16.1. The maximum Gasteiger partial charge on any atom is 0.143 e. The zero-order valence-corrected chi connectivity index (χ0v) is 16.9. The molecule has 0 aromatic heterocycles. The van der Waals surface area contributed by atoms with Crippen molar-refractivity contribution in [1.82, 2.24) is 0 Å². The molecule has 0 aliphatic heterocycles. The Morgan fingerprint density at radius 2 is 1.59 bits per heavy atom. The van der Waals surface area contributed by atoms with Gasteiger partial charge < -0.3 is 10.3 Å². The molecule has 2 aromatic rings. The third-order valence-corrected chi connectivity index (χ3v) is 5.13. The van der Waals surface area contributed by atoms with Gasteiger partial charge in [0.1, 0.15) is 5.75 Å². The first-order valence-corrected chi connectivity index (χ1v) is 10.3. The van der Waals surface area contributed by atoms with Crippen LogP contribution in [0.4, 0.5) is 0 Å². The van der Waals surface area contributed by atoms with Crippen LogP contribution in [0.3, 0.4) is 0 Å². The second-order valence-corrected chi connectivity index (χ2v) is 7.46. The Morgan fingerprint density at radius 3 is 2.26 bits per heavy atom. The second-order valence-electron chi connectivity index (χ2n) is 7.05. The molecule has 2 aromatic carbocycles. The van der Waals surface area contributed by atoms with Crippen molar-refractivity contribution in [3.63, 3.8) is 0 Å². The lowest BCUT2D eigenvalue weighted by Gasteiger charge is -2.12. The van der Waals surface area contributed by atoms with Crippen molar-refractivity contribution < 1.29 is 10.3 Å². The van der Waals surface area contributed by atoms with Crippen LogP contribution in [-0.4, -0.2) is 16.0 Å². The standard InChI is InChI=1S/C23H30ClNO2/c1-2-3-4-5-6-7-9-14-19-15-20(23(26)21(24)16-19)22(25-27)17-18-12-10-8-11-13-18/h8,10-13,15-16,26-27H,2-7,9,14,17H2,1H3/b25-22+. The zero-order chi connectivity index (χ0) is 19.5. The van der Waals surface area contributed by atoms with Crippen molar-refractivity contribution in [1.29, 1.82) is 0 Å². The first-order chi connectivity index (χ1) is 13.2. The lowest BCUT2D eigenvalue weighted by Crippen LogP contribution is -2.07. The van der Waals surface area contributed by atoms with Gasteiger partial charge in [-0.15, -0.1) is 0 Å². The van der Waals surface area contributed by atoms with Gasteiger partial charge in [0.15, 0.2) is 0 Å². The topological polar surface area (TPSA) is 52.8 Å². The van der Waals surface area contributed by atoms with Crippen molar-refractivity contribution >= 4 is 17.3 Å². The summed E-state index contributed by atoms with van der Waals surface area (Å²) >= 11 is 6.23. The summed E-state index contributed by atoms with van der Waals surface area (Å²) < 4.78 is 0. The van der Waals surface area contributed by atoms with E-state index in [4.69, 9.17) is 11.6 Å². The number of hydrogen-bond donors (Lipinski definition) is 2. The normalized spacial score (nSPS) is 11.7. The number of phenols is 1. The number of benzene rings is 2. The first kappa shape index (κ1) is 21.3. The van der Waals surface area contributed by atoms with Crippen molar-refractivity contribution in [3.8, 4) is 5.75 Å². The Labute approximate surface area is 167 Å². The van der Waals surface area contributed by atoms with E-state index in [9.17, 15) is 10.3 Å². The van der Waals surface area contributed by atoms with E-state index < -0.39 is 0 Å². The molecule has 0 aliphatic carbocycles. The average molecular weight is 388 g/mol. The van der Waals surface area contributed by atoms with Gasteiger partial charge in [0.2, 0.25) is 0 Å². The number of hydrogen-bond acceptors (Lipinski definition) is 3. The molecular weight excluding hydrogens is 358 g/mol. The molecule has 0 heterocycles. The minimum Gasteiger partial charge on any atom is -0.506 e. The van der Waals surface area contributed by atoms with Gasteiger partial charge in [-0.3, -0.25) is 0 Å². The Kier molecular flexibility index (Phi) is 9.20. The van der Waals surface area contributed by atoms with Crippen LogP contribution in [0.15, 0.2) is 47.6 Å². The number of halogens is 1. The Hall–Kier alpha value is -2.00. The van der Waals surface area contributed by atoms with E-state index in [1.54, 1.807) is 0 Å². The molecular formula is C23H30ClNO2. The molecule has 0 fully saturated rings. The van der Waals surface area contributed by atoms with Gasteiger partial charge in [0.05, 0.1) is 10.7 Å². The van der Waals surface area contributed by atoms with Crippen LogP contribution < -0.4 is 0 Å². The van der Waals surface area contributed by atoms with E-state index in [0.717, 1.165) is 24.0 Å². The summed E-state index contributed by atoms with van der Waals surface area (Å²) in [7, 11) is 0. The first-order valence-electron chi connectivity index (χ1n) is 9.92. The lowest BCUT2D eigenvalue weighted by molar-refractivity contribution is 0.318. The van der Waals surface area contributed by atoms with Crippen LogP contribution in [0.2, 0.25) is 5.02 Å². The summed E-state index contributed by atoms with van der Waals surface area (Å²) in [5.74, 6) is -0.0243. The summed E-state index contributed by atoms with van der Waals surface area (Å²) in [6.07, 6.45) is 10.1. The minimum atomic E-state index is -0.0243. The van der Waals surface area contributed by atoms with Gasteiger partial charge in [-0.2, -0.15) is 0 Å². The molecule has 0 radical (unpaired) electrons. The van der Waals surface area contributed by atoms with Crippen LogP contribution in [0.1, 0.15) is 68.6 Å². The molecule has 2 N–H and O–H groups in total. The van der Waals surface area contributed by atoms with Gasteiger partial charge in [0, 0.05) is 12.0 Å². The quantitative estimate of drug-likeness (QED) is 0.193. The van der Waals surface area contributed by atoms with E-state index in [2.05, 4.69) is 12.1 Å². The summed E-state index contributed by atoms with van der Waals surface area (Å²) in [5.41, 5.74) is 3.00. The van der Waals surface area contributed by atoms with Crippen LogP contribution in [0.5, 0.6) is 5.75 Å². The third-order valence-electron chi connectivity index (χ3n) is 4.84. The fourth-order valence-electron chi connectivity index (χ4n) is 3.28. The van der Waals surface area contributed by atoms with Gasteiger partial charge in [-0.05, 0) is 36.1 Å². The molecule has 0 aliphatic rings. The maximum atomic E-state index is 10.4. The molecule has 146 valence electrons. The summed E-state index contributed by atoms with van der Waals surface area (Å²) in [4.78, 5) is 0. The Morgan fingerprint density at radius 1 is 0.926 bits per heavy atom. The van der Waals surface area contributed by atoms with Crippen LogP contribution >= 0.6 is 11.6 Å². The number of aryl methyl sites for hydroxylation is 1. The SMILES string of the molecule is CCCCCCCCCc1cc(Cl)c(O)c(/C(Cc2ccccc2)=N/O)c1. The maximum absolute atomic E-state index is 10.4. The second kappa shape index (κ2) is 11.7. The number of phenolic OH excluding ortho intramolecular Hbond substituents is 1. The molecule has 2 rings (SSSR count). The predicted molar refractivity (Wildman–Crippen MR) is 113 cm³/mol. The average Bonchev–Trinajstić information content (AvgIpc) is 2.69. The van der Waals surface area contributed by atoms with Crippen LogP contribution in [-0.2, 0) is 12.8 Å². The summed E-state index contributed by atoms with van der Waals surface area (Å²) in [6, 6.07) is 13.5. The molecule has 0 saturated carbocycles. The molecule has 0 spiro atoms. The number of unbranched alkanes of at least 4 members (excludes halogenated alkanes) is 6. The highest BCUT2D eigenvalue weighted by molar-refractivity contribution is 6.32. The van der Waals surface area contributed by atoms with Crippen molar-refractivity contribution in [3.05, 3.63) is 64.2 Å². The van der Waals surface area contributed by atoms with E-state index in [-0.39, 0.29) is 5.75 Å². The van der Waals surface area contributed by atoms with E-state index in [1.807, 2.05) is 42.5 Å². The van der Waals surface area contributed by atoms with E-state index >= 15 is 0 Å². The molecule has 0 unspecified atom stereocenters. The number of oxime groups is 1.